The predicted molar refractivity (Wildman–Crippen MR) is 73.9 cm³/mol. The van der Waals surface area contributed by atoms with Gasteiger partial charge in [-0.3, -0.25) is 4.79 Å². The molecule has 0 bridgehead atoms. The van der Waals surface area contributed by atoms with Gasteiger partial charge in [0.05, 0.1) is 7.11 Å². The van der Waals surface area contributed by atoms with Crippen LogP contribution >= 0.6 is 0 Å². The Morgan fingerprint density at radius 2 is 1.68 bits per heavy atom. The Hall–Kier alpha value is -1.26. The second-order valence-corrected chi connectivity index (χ2v) is 5.02. The molecule has 110 valence electrons. The number of amides is 2. The Morgan fingerprint density at radius 1 is 1.05 bits per heavy atom. The average Bonchev–Trinajstić information content (AvgIpc) is 2.37. The van der Waals surface area contributed by atoms with Crippen molar-refractivity contribution < 1.29 is 14.3 Å². The van der Waals surface area contributed by atoms with E-state index in [-0.39, 0.29) is 12.0 Å². The number of unbranched alkanes of at least 4 members (excludes halogenated alkanes) is 1. The van der Waals surface area contributed by atoms with Gasteiger partial charge in [0.15, 0.2) is 0 Å². The minimum atomic E-state index is -0.185. The molecule has 1 aliphatic heterocycles. The smallest absolute Gasteiger partial charge is 0.317 e. The van der Waals surface area contributed by atoms with Crippen LogP contribution in [0.3, 0.4) is 0 Å². The van der Waals surface area contributed by atoms with E-state index >= 15 is 0 Å². The van der Waals surface area contributed by atoms with Crippen LogP contribution in [0.4, 0.5) is 4.79 Å². The normalized spacial score (nSPS) is 16.4. The van der Waals surface area contributed by atoms with Crippen molar-refractivity contribution in [1.82, 2.24) is 10.2 Å². The largest absolute Gasteiger partial charge is 0.469 e. The number of carbonyl (C=O) groups excluding carboxylic acids is 2. The number of likely N-dealkylation sites (tertiary alicyclic amines) is 1. The SMILES string of the molecule is COC(=O)CCCCNC(=O)N1CCCCCCC1. The van der Waals surface area contributed by atoms with Gasteiger partial charge in [-0.05, 0) is 25.7 Å². The standard InChI is InChI=1S/C14H26N2O3/c1-19-13(17)9-5-6-10-15-14(18)16-11-7-3-2-4-8-12-16/h2-12H2,1H3,(H,15,18). The zero-order valence-electron chi connectivity index (χ0n) is 12.0. The molecule has 1 heterocycles. The second kappa shape index (κ2) is 9.64. The lowest BCUT2D eigenvalue weighted by atomic mass is 10.1. The van der Waals surface area contributed by atoms with Gasteiger partial charge in [0, 0.05) is 26.1 Å². The Balaban J connectivity index is 2.10. The first-order valence-corrected chi connectivity index (χ1v) is 7.33. The van der Waals surface area contributed by atoms with E-state index in [1.807, 2.05) is 4.90 Å². The van der Waals surface area contributed by atoms with E-state index in [9.17, 15) is 9.59 Å². The van der Waals surface area contributed by atoms with Crippen LogP contribution in [0.2, 0.25) is 0 Å². The van der Waals surface area contributed by atoms with Gasteiger partial charge in [0.2, 0.25) is 0 Å². The molecule has 0 spiro atoms. The van der Waals surface area contributed by atoms with Crippen LogP contribution < -0.4 is 5.32 Å². The molecule has 5 heteroatoms. The van der Waals surface area contributed by atoms with Crippen LogP contribution in [0.25, 0.3) is 0 Å². The zero-order valence-corrected chi connectivity index (χ0v) is 12.0. The van der Waals surface area contributed by atoms with Crippen molar-refractivity contribution in [2.75, 3.05) is 26.7 Å². The maximum Gasteiger partial charge on any atom is 0.317 e. The summed E-state index contributed by atoms with van der Waals surface area (Å²) in [5, 5.41) is 2.93. The summed E-state index contributed by atoms with van der Waals surface area (Å²) in [4.78, 5) is 24.8. The zero-order chi connectivity index (χ0) is 13.9. The molecular formula is C14H26N2O3. The first-order valence-electron chi connectivity index (χ1n) is 7.33. The van der Waals surface area contributed by atoms with E-state index in [2.05, 4.69) is 10.1 Å². The first kappa shape index (κ1) is 15.8. The summed E-state index contributed by atoms with van der Waals surface area (Å²) in [6.45, 7) is 2.37. The van der Waals surface area contributed by atoms with E-state index in [1.54, 1.807) is 0 Å². The van der Waals surface area contributed by atoms with E-state index in [4.69, 9.17) is 0 Å². The number of nitrogens with zero attached hydrogens (tertiary/aromatic N) is 1. The van der Waals surface area contributed by atoms with Gasteiger partial charge >= 0.3 is 12.0 Å². The number of hydrogen-bond donors (Lipinski definition) is 1. The molecule has 5 nitrogen and oxygen atoms in total. The second-order valence-electron chi connectivity index (χ2n) is 5.02. The fourth-order valence-electron chi connectivity index (χ4n) is 2.25. The lowest BCUT2D eigenvalue weighted by Gasteiger charge is -2.25. The topological polar surface area (TPSA) is 58.6 Å². The highest BCUT2D eigenvalue weighted by Crippen LogP contribution is 2.10. The summed E-state index contributed by atoms with van der Waals surface area (Å²) in [5.74, 6) is -0.185. The van der Waals surface area contributed by atoms with Crippen LogP contribution in [0, 0.1) is 0 Å². The highest BCUT2D eigenvalue weighted by Gasteiger charge is 2.13. The lowest BCUT2D eigenvalue weighted by molar-refractivity contribution is -0.140. The molecule has 1 aliphatic rings. The molecule has 0 aromatic carbocycles. The van der Waals surface area contributed by atoms with Crippen molar-refractivity contribution >= 4 is 12.0 Å². The number of ether oxygens (including phenoxy) is 1. The minimum absolute atomic E-state index is 0.0416. The molecule has 1 rings (SSSR count). The van der Waals surface area contributed by atoms with Gasteiger partial charge in [-0.25, -0.2) is 4.79 Å². The van der Waals surface area contributed by atoms with Crippen LogP contribution in [-0.4, -0.2) is 43.6 Å². The third-order valence-corrected chi connectivity index (χ3v) is 3.45. The van der Waals surface area contributed by atoms with Crippen molar-refractivity contribution in [1.29, 1.82) is 0 Å². The Bertz CT molecular complexity index is 274. The Labute approximate surface area is 115 Å². The highest BCUT2D eigenvalue weighted by atomic mass is 16.5. The highest BCUT2D eigenvalue weighted by molar-refractivity contribution is 5.74. The van der Waals surface area contributed by atoms with Gasteiger partial charge in [0.1, 0.15) is 0 Å². The molecule has 0 radical (unpaired) electrons. The van der Waals surface area contributed by atoms with Gasteiger partial charge in [-0.1, -0.05) is 19.3 Å². The minimum Gasteiger partial charge on any atom is -0.469 e. The lowest BCUT2D eigenvalue weighted by Crippen LogP contribution is -2.41. The van der Waals surface area contributed by atoms with Crippen LogP contribution in [0.15, 0.2) is 0 Å². The number of methoxy groups -OCH3 is 1. The number of nitrogens with one attached hydrogen (secondary N) is 1. The number of hydrogen-bond acceptors (Lipinski definition) is 3. The predicted octanol–water partition coefficient (Wildman–Crippen LogP) is 2.31. The molecule has 1 fully saturated rings. The number of urea groups is 1. The summed E-state index contributed by atoms with van der Waals surface area (Å²) in [6.07, 6.45) is 7.96. The van der Waals surface area contributed by atoms with Gasteiger partial charge in [0.25, 0.3) is 0 Å². The van der Waals surface area contributed by atoms with Crippen molar-refractivity contribution in [3.63, 3.8) is 0 Å². The average molecular weight is 270 g/mol. The third-order valence-electron chi connectivity index (χ3n) is 3.45. The maximum atomic E-state index is 11.9. The first-order chi connectivity index (χ1) is 9.24. The molecule has 0 aromatic heterocycles. The molecule has 0 atom stereocenters. The van der Waals surface area contributed by atoms with Crippen molar-refractivity contribution in [2.45, 2.75) is 51.4 Å². The number of esters is 1. The van der Waals surface area contributed by atoms with Gasteiger partial charge in [-0.15, -0.1) is 0 Å². The summed E-state index contributed by atoms with van der Waals surface area (Å²) in [6, 6.07) is 0.0416. The third kappa shape index (κ3) is 7.03. The number of rotatable bonds is 5. The monoisotopic (exact) mass is 270 g/mol. The van der Waals surface area contributed by atoms with E-state index < -0.39 is 0 Å². The van der Waals surface area contributed by atoms with E-state index in [0.29, 0.717) is 13.0 Å². The summed E-state index contributed by atoms with van der Waals surface area (Å²) >= 11 is 0. The van der Waals surface area contributed by atoms with E-state index in [0.717, 1.165) is 38.8 Å². The molecule has 0 saturated carbocycles. The summed E-state index contributed by atoms with van der Waals surface area (Å²) < 4.78 is 4.56. The molecule has 0 aliphatic carbocycles. The van der Waals surface area contributed by atoms with Crippen molar-refractivity contribution in [3.05, 3.63) is 0 Å². The molecule has 1 N–H and O–H groups in total. The van der Waals surface area contributed by atoms with Crippen molar-refractivity contribution in [3.8, 4) is 0 Å². The van der Waals surface area contributed by atoms with E-state index in [1.165, 1.54) is 26.4 Å². The van der Waals surface area contributed by atoms with Crippen LogP contribution in [-0.2, 0) is 9.53 Å². The van der Waals surface area contributed by atoms with Gasteiger partial charge < -0.3 is 15.0 Å². The molecule has 1 saturated heterocycles. The molecule has 19 heavy (non-hydrogen) atoms. The summed E-state index contributed by atoms with van der Waals surface area (Å²) in [7, 11) is 1.39. The molecule has 0 unspecified atom stereocenters. The van der Waals surface area contributed by atoms with Gasteiger partial charge in [-0.2, -0.15) is 0 Å². The van der Waals surface area contributed by atoms with Crippen LogP contribution in [0.5, 0.6) is 0 Å². The molecular weight excluding hydrogens is 244 g/mol. The molecule has 0 aromatic rings. The maximum absolute atomic E-state index is 11.9. The number of carbonyl (C=O) groups is 2. The Morgan fingerprint density at radius 3 is 2.32 bits per heavy atom. The fourth-order valence-corrected chi connectivity index (χ4v) is 2.25. The quantitative estimate of drug-likeness (QED) is 0.616. The van der Waals surface area contributed by atoms with Crippen LogP contribution in [0.1, 0.15) is 51.4 Å². The molecule has 2 amide bonds. The van der Waals surface area contributed by atoms with Crippen molar-refractivity contribution in [2.24, 2.45) is 0 Å². The Kier molecular flexibility index (Phi) is 8.02. The summed E-state index contributed by atoms with van der Waals surface area (Å²) in [5.41, 5.74) is 0. The fraction of sp³-hybridized carbons (Fsp3) is 0.857.